The molecule has 0 aromatic heterocycles. The van der Waals surface area contributed by atoms with Crippen molar-refractivity contribution < 1.29 is 23.1 Å². The van der Waals surface area contributed by atoms with Crippen LogP contribution >= 0.6 is 23.2 Å². The summed E-state index contributed by atoms with van der Waals surface area (Å²) < 4.78 is 36.0. The molecule has 6 heteroatoms. The maximum atomic E-state index is 11.6. The van der Waals surface area contributed by atoms with Crippen LogP contribution in [-0.4, -0.2) is 19.1 Å². The first-order valence-corrected chi connectivity index (χ1v) is 7.02. The number of benzene rings is 2. The van der Waals surface area contributed by atoms with Crippen molar-refractivity contribution in [2.45, 2.75) is 13.0 Å². The molecule has 0 N–H and O–H groups in total. The molecule has 0 bridgehead atoms. The highest BCUT2D eigenvalue weighted by atomic mass is 35.5. The van der Waals surface area contributed by atoms with Gasteiger partial charge < -0.3 is 14.2 Å². The molecular formula is C16H14Cl2O4. The average molecular weight is 344 g/mol. The van der Waals surface area contributed by atoms with Crippen LogP contribution in [0, 0.1) is 0 Å². The highest BCUT2D eigenvalue weighted by Crippen LogP contribution is 2.32. The number of hydrogen-bond donors (Lipinski definition) is 0. The van der Waals surface area contributed by atoms with Crippen molar-refractivity contribution in [1.29, 1.82) is 0 Å². The highest BCUT2D eigenvalue weighted by molar-refractivity contribution is 6.35. The number of esters is 1. The monoisotopic (exact) mass is 343 g/mol. The van der Waals surface area contributed by atoms with E-state index in [2.05, 4.69) is 4.74 Å². The summed E-state index contributed by atoms with van der Waals surface area (Å²) in [7, 11) is -2.80. The lowest BCUT2D eigenvalue weighted by Crippen LogP contribution is -2.24. The highest BCUT2D eigenvalue weighted by Gasteiger charge is 2.14. The number of carbonyl (C=O) groups is 1. The molecule has 0 heterocycles. The maximum Gasteiger partial charge on any atom is 0.346 e. The first-order chi connectivity index (χ1) is 11.6. The lowest BCUT2D eigenvalue weighted by atomic mass is 10.3. The fourth-order valence-electron chi connectivity index (χ4n) is 1.61. The summed E-state index contributed by atoms with van der Waals surface area (Å²) in [6, 6.07) is 11.2. The second kappa shape index (κ2) is 7.38. The number of hydrogen-bond acceptors (Lipinski definition) is 4. The smallest absolute Gasteiger partial charge is 0.346 e. The number of carbonyl (C=O) groups excluding carboxylic acids is 1. The van der Waals surface area contributed by atoms with E-state index in [9.17, 15) is 4.79 Å². The number of ether oxygens (including phenoxy) is 3. The largest absolute Gasteiger partial charge is 0.479 e. The Morgan fingerprint density at radius 3 is 2.45 bits per heavy atom. The first kappa shape index (κ1) is 12.6. The molecule has 22 heavy (non-hydrogen) atoms. The van der Waals surface area contributed by atoms with Crippen molar-refractivity contribution in [1.82, 2.24) is 0 Å². The van der Waals surface area contributed by atoms with Crippen LogP contribution in [0.3, 0.4) is 0 Å². The Bertz CT molecular complexity index is 748. The summed E-state index contributed by atoms with van der Waals surface area (Å²) in [6.45, 7) is 1.39. The Hall–Kier alpha value is -1.91. The number of rotatable bonds is 5. The van der Waals surface area contributed by atoms with Crippen LogP contribution in [0.1, 0.15) is 11.0 Å². The van der Waals surface area contributed by atoms with Crippen LogP contribution in [0.2, 0.25) is 10.0 Å². The van der Waals surface area contributed by atoms with E-state index in [1.165, 1.54) is 6.92 Å². The number of halogens is 2. The van der Waals surface area contributed by atoms with E-state index in [1.807, 2.05) is 0 Å². The zero-order chi connectivity index (χ0) is 18.6. The molecule has 0 saturated heterocycles. The Kier molecular flexibility index (Phi) is 4.23. The zero-order valence-corrected chi connectivity index (χ0v) is 13.0. The minimum absolute atomic E-state index is 0.351. The number of methoxy groups -OCH3 is 1. The lowest BCUT2D eigenvalue weighted by molar-refractivity contribution is -0.147. The van der Waals surface area contributed by atoms with Crippen LogP contribution in [0.25, 0.3) is 0 Å². The molecule has 0 fully saturated rings. The predicted molar refractivity (Wildman–Crippen MR) is 85.1 cm³/mol. The molecule has 4 nitrogen and oxygen atoms in total. The summed E-state index contributed by atoms with van der Waals surface area (Å²) in [4.78, 5) is 11.6. The first-order valence-electron chi connectivity index (χ1n) is 7.76. The average Bonchev–Trinajstić information content (AvgIpc) is 2.50. The third kappa shape index (κ3) is 4.29. The van der Waals surface area contributed by atoms with Crippen molar-refractivity contribution in [3.05, 3.63) is 52.5 Å². The van der Waals surface area contributed by atoms with Crippen molar-refractivity contribution >= 4 is 29.2 Å². The van der Waals surface area contributed by atoms with Crippen molar-refractivity contribution in [3.8, 4) is 17.2 Å². The summed E-state index contributed by atoms with van der Waals surface area (Å²) in [5.41, 5.74) is 0. The molecule has 116 valence electrons. The molecule has 0 saturated carbocycles. The van der Waals surface area contributed by atoms with E-state index in [0.29, 0.717) is 27.3 Å². The minimum atomic E-state index is -2.80. The molecule has 0 aliphatic carbocycles. The maximum absolute atomic E-state index is 11.6. The van der Waals surface area contributed by atoms with Gasteiger partial charge in [0.15, 0.2) is 6.10 Å². The zero-order valence-electron chi connectivity index (χ0n) is 14.5. The van der Waals surface area contributed by atoms with Crippen LogP contribution < -0.4 is 9.47 Å². The van der Waals surface area contributed by atoms with Gasteiger partial charge in [-0.05, 0) is 49.4 Å². The molecule has 1 atom stereocenters. The van der Waals surface area contributed by atoms with Crippen LogP contribution in [0.5, 0.6) is 17.2 Å². The lowest BCUT2D eigenvalue weighted by Gasteiger charge is -2.13. The van der Waals surface area contributed by atoms with E-state index >= 15 is 0 Å². The molecule has 0 amide bonds. The van der Waals surface area contributed by atoms with Gasteiger partial charge >= 0.3 is 5.97 Å². The van der Waals surface area contributed by atoms with Gasteiger partial charge in [0.25, 0.3) is 0 Å². The van der Waals surface area contributed by atoms with E-state index in [-0.39, 0.29) is 0 Å². The van der Waals surface area contributed by atoms with Gasteiger partial charge in [-0.1, -0.05) is 23.2 Å². The van der Waals surface area contributed by atoms with Crippen LogP contribution in [0.4, 0.5) is 0 Å². The topological polar surface area (TPSA) is 44.8 Å². The Balaban J connectivity index is 1.98. The molecule has 1 unspecified atom stereocenters. The fraction of sp³-hybridized carbons (Fsp3) is 0.188. The van der Waals surface area contributed by atoms with Gasteiger partial charge in [-0.15, -0.1) is 0 Å². The van der Waals surface area contributed by atoms with Crippen molar-refractivity contribution in [2.24, 2.45) is 0 Å². The normalized spacial score (nSPS) is 14.2. The van der Waals surface area contributed by atoms with E-state index < -0.39 is 19.1 Å². The third-order valence-electron chi connectivity index (χ3n) is 2.69. The van der Waals surface area contributed by atoms with Crippen molar-refractivity contribution in [2.75, 3.05) is 7.04 Å². The SMILES string of the molecule is [2H]C([2H])([2H])OC(=O)C(C)Oc1ccc(Oc2ccc(Cl)cc2Cl)cc1. The second-order valence-electron chi connectivity index (χ2n) is 4.33. The molecule has 2 aromatic rings. The molecule has 0 radical (unpaired) electrons. The predicted octanol–water partition coefficient (Wildman–Crippen LogP) is 4.73. The minimum Gasteiger partial charge on any atom is -0.479 e. The Morgan fingerprint density at radius 1 is 1.14 bits per heavy atom. The summed E-state index contributed by atoms with van der Waals surface area (Å²) in [6.07, 6.45) is -1.07. The van der Waals surface area contributed by atoms with Crippen LogP contribution in [0.15, 0.2) is 42.5 Å². The second-order valence-corrected chi connectivity index (χ2v) is 5.17. The standard InChI is InChI=1S/C16H14Cl2O4/c1-10(16(19)20-2)21-12-4-6-13(7-5-12)22-15-8-3-11(17)9-14(15)18/h3-10H,1-2H3/i2D3. The third-order valence-corrected chi connectivity index (χ3v) is 3.22. The van der Waals surface area contributed by atoms with Gasteiger partial charge in [0, 0.05) is 5.02 Å². The van der Waals surface area contributed by atoms with E-state index in [1.54, 1.807) is 42.5 Å². The molecular weight excluding hydrogens is 327 g/mol. The molecule has 0 aliphatic heterocycles. The fourth-order valence-corrected chi connectivity index (χ4v) is 2.05. The summed E-state index contributed by atoms with van der Waals surface area (Å²) >= 11 is 11.9. The molecule has 0 spiro atoms. The molecule has 0 aliphatic rings. The van der Waals surface area contributed by atoms with Gasteiger partial charge in [-0.3, -0.25) is 0 Å². The van der Waals surface area contributed by atoms with Gasteiger partial charge in [0.05, 0.1) is 16.2 Å². The van der Waals surface area contributed by atoms with Crippen LogP contribution in [-0.2, 0) is 9.53 Å². The molecule has 2 aromatic carbocycles. The summed E-state index contributed by atoms with van der Waals surface area (Å²) in [5, 5.41) is 0.868. The van der Waals surface area contributed by atoms with E-state index in [4.69, 9.17) is 36.8 Å². The van der Waals surface area contributed by atoms with Gasteiger partial charge in [-0.25, -0.2) is 4.79 Å². The Labute approximate surface area is 142 Å². The molecule has 2 rings (SSSR count). The van der Waals surface area contributed by atoms with Gasteiger partial charge in [0.2, 0.25) is 0 Å². The van der Waals surface area contributed by atoms with E-state index in [0.717, 1.165) is 0 Å². The Morgan fingerprint density at radius 2 is 1.82 bits per heavy atom. The van der Waals surface area contributed by atoms with Crippen molar-refractivity contribution in [3.63, 3.8) is 0 Å². The van der Waals surface area contributed by atoms with Gasteiger partial charge in [-0.2, -0.15) is 0 Å². The van der Waals surface area contributed by atoms with Gasteiger partial charge in [0.1, 0.15) is 17.2 Å². The summed E-state index contributed by atoms with van der Waals surface area (Å²) in [5.74, 6) is 0.307. The quantitative estimate of drug-likeness (QED) is 0.736.